The normalized spacial score (nSPS) is 16.6. The second-order valence-corrected chi connectivity index (χ2v) is 5.36. The van der Waals surface area contributed by atoms with Gasteiger partial charge in [-0.1, -0.05) is 18.5 Å². The van der Waals surface area contributed by atoms with Crippen LogP contribution in [0, 0.1) is 0 Å². The maximum absolute atomic E-state index is 6.33. The number of ether oxygens (including phenoxy) is 1. The number of hydrogen-bond donors (Lipinski definition) is 1. The number of benzene rings is 1. The average Bonchev–Trinajstić information content (AvgIpc) is 2.45. The molecule has 0 unspecified atom stereocenters. The Bertz CT molecular complexity index is 417. The minimum atomic E-state index is 0.831. The van der Waals surface area contributed by atoms with E-state index >= 15 is 0 Å². The highest BCUT2D eigenvalue weighted by Gasteiger charge is 2.12. The van der Waals surface area contributed by atoms with E-state index in [1.165, 1.54) is 5.56 Å². The summed E-state index contributed by atoms with van der Waals surface area (Å²) in [5.41, 5.74) is 2.37. The smallest absolute Gasteiger partial charge is 0.123 e. The van der Waals surface area contributed by atoms with Gasteiger partial charge >= 0.3 is 0 Å². The van der Waals surface area contributed by atoms with Crippen LogP contribution in [-0.4, -0.2) is 44.7 Å². The van der Waals surface area contributed by atoms with E-state index in [1.54, 1.807) is 7.11 Å². The Labute approximate surface area is 120 Å². The summed E-state index contributed by atoms with van der Waals surface area (Å²) in [6.45, 7) is 7.66. The molecular formula is C15H23ClN2O. The van der Waals surface area contributed by atoms with Gasteiger partial charge in [0, 0.05) is 43.3 Å². The van der Waals surface area contributed by atoms with Crippen LogP contribution in [0.4, 0.5) is 0 Å². The van der Waals surface area contributed by atoms with Crippen molar-refractivity contribution >= 4 is 11.6 Å². The SMILES string of the molecule is CCc1c(Cl)cc(CCN2CCNCC2)cc1OC. The Balaban J connectivity index is 2.01. The predicted molar refractivity (Wildman–Crippen MR) is 80.4 cm³/mol. The summed E-state index contributed by atoms with van der Waals surface area (Å²) in [7, 11) is 1.71. The zero-order valence-electron chi connectivity index (χ0n) is 11.8. The summed E-state index contributed by atoms with van der Waals surface area (Å²) < 4.78 is 5.44. The molecule has 0 amide bonds. The molecule has 2 rings (SSSR count). The molecule has 1 heterocycles. The van der Waals surface area contributed by atoms with Crippen LogP contribution in [0.25, 0.3) is 0 Å². The summed E-state index contributed by atoms with van der Waals surface area (Å²) in [5, 5.41) is 4.20. The third kappa shape index (κ3) is 3.85. The predicted octanol–water partition coefficient (Wildman–Crippen LogP) is 2.36. The van der Waals surface area contributed by atoms with Crippen LogP contribution in [0.15, 0.2) is 12.1 Å². The Hall–Kier alpha value is -0.770. The zero-order chi connectivity index (χ0) is 13.7. The van der Waals surface area contributed by atoms with E-state index in [9.17, 15) is 0 Å². The van der Waals surface area contributed by atoms with Gasteiger partial charge in [-0.05, 0) is 30.5 Å². The standard InChI is InChI=1S/C15H23ClN2O/c1-3-13-14(16)10-12(11-15(13)19-2)4-7-18-8-5-17-6-9-18/h10-11,17H,3-9H2,1-2H3. The highest BCUT2D eigenvalue weighted by Crippen LogP contribution is 2.29. The Kier molecular flexibility index (Phi) is 5.49. The largest absolute Gasteiger partial charge is 0.496 e. The van der Waals surface area contributed by atoms with Crippen LogP contribution in [0.1, 0.15) is 18.1 Å². The van der Waals surface area contributed by atoms with Gasteiger partial charge in [0.15, 0.2) is 0 Å². The maximum atomic E-state index is 6.33. The third-order valence-corrected chi connectivity index (χ3v) is 4.05. The van der Waals surface area contributed by atoms with Crippen LogP contribution in [0.5, 0.6) is 5.75 Å². The molecule has 1 aromatic carbocycles. The quantitative estimate of drug-likeness (QED) is 0.897. The molecule has 1 aromatic rings. The van der Waals surface area contributed by atoms with E-state index in [1.807, 2.05) is 0 Å². The number of hydrogen-bond acceptors (Lipinski definition) is 3. The molecule has 0 aliphatic carbocycles. The van der Waals surface area contributed by atoms with Gasteiger partial charge in [0.25, 0.3) is 0 Å². The second kappa shape index (κ2) is 7.13. The van der Waals surface area contributed by atoms with Crippen molar-refractivity contribution in [2.45, 2.75) is 19.8 Å². The van der Waals surface area contributed by atoms with Crippen LogP contribution >= 0.6 is 11.6 Å². The minimum Gasteiger partial charge on any atom is -0.496 e. The van der Waals surface area contributed by atoms with E-state index in [-0.39, 0.29) is 0 Å². The van der Waals surface area contributed by atoms with Gasteiger partial charge in [-0.15, -0.1) is 0 Å². The van der Waals surface area contributed by atoms with Crippen molar-refractivity contribution in [2.75, 3.05) is 39.8 Å². The summed E-state index contributed by atoms with van der Waals surface area (Å²) in [4.78, 5) is 2.49. The Morgan fingerprint density at radius 3 is 2.68 bits per heavy atom. The number of rotatable bonds is 5. The van der Waals surface area contributed by atoms with Crippen LogP contribution in [0.3, 0.4) is 0 Å². The lowest BCUT2D eigenvalue weighted by atomic mass is 10.1. The molecule has 0 aromatic heterocycles. The first-order chi connectivity index (χ1) is 9.24. The number of piperazine rings is 1. The monoisotopic (exact) mass is 282 g/mol. The van der Waals surface area contributed by atoms with Crippen molar-refractivity contribution in [2.24, 2.45) is 0 Å². The number of nitrogens with zero attached hydrogens (tertiary/aromatic N) is 1. The fourth-order valence-electron chi connectivity index (χ4n) is 2.56. The van der Waals surface area contributed by atoms with Crippen molar-refractivity contribution in [1.29, 1.82) is 0 Å². The van der Waals surface area contributed by atoms with Gasteiger partial charge in [-0.2, -0.15) is 0 Å². The molecular weight excluding hydrogens is 260 g/mol. The van der Waals surface area contributed by atoms with E-state index < -0.39 is 0 Å². The molecule has 1 fully saturated rings. The lowest BCUT2D eigenvalue weighted by Gasteiger charge is -2.27. The average molecular weight is 283 g/mol. The molecule has 0 saturated carbocycles. The summed E-state index contributed by atoms with van der Waals surface area (Å²) in [5.74, 6) is 0.922. The first kappa shape index (κ1) is 14.6. The van der Waals surface area contributed by atoms with E-state index in [0.717, 1.165) is 61.9 Å². The fourth-order valence-corrected chi connectivity index (χ4v) is 2.92. The Morgan fingerprint density at radius 1 is 1.32 bits per heavy atom. The second-order valence-electron chi connectivity index (χ2n) is 4.95. The maximum Gasteiger partial charge on any atom is 0.123 e. The molecule has 3 nitrogen and oxygen atoms in total. The van der Waals surface area contributed by atoms with Gasteiger partial charge in [-0.25, -0.2) is 0 Å². The number of methoxy groups -OCH3 is 1. The van der Waals surface area contributed by atoms with Crippen LogP contribution < -0.4 is 10.1 Å². The Morgan fingerprint density at radius 2 is 2.05 bits per heavy atom. The van der Waals surface area contributed by atoms with E-state index in [0.29, 0.717) is 0 Å². The van der Waals surface area contributed by atoms with Crippen molar-refractivity contribution in [3.63, 3.8) is 0 Å². The van der Waals surface area contributed by atoms with E-state index in [2.05, 4.69) is 29.3 Å². The molecule has 0 atom stereocenters. The summed E-state index contributed by atoms with van der Waals surface area (Å²) in [6, 6.07) is 4.22. The highest BCUT2D eigenvalue weighted by molar-refractivity contribution is 6.31. The third-order valence-electron chi connectivity index (χ3n) is 3.71. The first-order valence-electron chi connectivity index (χ1n) is 7.03. The van der Waals surface area contributed by atoms with Gasteiger partial charge in [0.05, 0.1) is 7.11 Å². The number of halogens is 1. The van der Waals surface area contributed by atoms with Crippen LogP contribution in [0.2, 0.25) is 5.02 Å². The van der Waals surface area contributed by atoms with Gasteiger partial charge < -0.3 is 15.0 Å². The van der Waals surface area contributed by atoms with Crippen LogP contribution in [-0.2, 0) is 12.8 Å². The van der Waals surface area contributed by atoms with Gasteiger partial charge in [-0.3, -0.25) is 0 Å². The topological polar surface area (TPSA) is 24.5 Å². The molecule has 0 bridgehead atoms. The number of nitrogens with one attached hydrogen (secondary N) is 1. The lowest BCUT2D eigenvalue weighted by molar-refractivity contribution is 0.244. The molecule has 1 N–H and O–H groups in total. The van der Waals surface area contributed by atoms with Crippen molar-refractivity contribution in [1.82, 2.24) is 10.2 Å². The van der Waals surface area contributed by atoms with E-state index in [4.69, 9.17) is 16.3 Å². The molecule has 1 aliphatic rings. The highest BCUT2D eigenvalue weighted by atomic mass is 35.5. The van der Waals surface area contributed by atoms with Crippen molar-refractivity contribution < 1.29 is 4.74 Å². The molecule has 0 spiro atoms. The molecule has 0 radical (unpaired) electrons. The molecule has 4 heteroatoms. The minimum absolute atomic E-state index is 0.831. The zero-order valence-corrected chi connectivity index (χ0v) is 12.6. The summed E-state index contributed by atoms with van der Waals surface area (Å²) in [6.07, 6.45) is 1.93. The van der Waals surface area contributed by atoms with Gasteiger partial charge in [0.2, 0.25) is 0 Å². The lowest BCUT2D eigenvalue weighted by Crippen LogP contribution is -2.44. The fraction of sp³-hybridized carbons (Fsp3) is 0.600. The molecule has 106 valence electrons. The van der Waals surface area contributed by atoms with Crippen molar-refractivity contribution in [3.05, 3.63) is 28.3 Å². The molecule has 1 aliphatic heterocycles. The van der Waals surface area contributed by atoms with Crippen molar-refractivity contribution in [3.8, 4) is 5.75 Å². The molecule has 1 saturated heterocycles. The summed E-state index contributed by atoms with van der Waals surface area (Å²) >= 11 is 6.33. The first-order valence-corrected chi connectivity index (χ1v) is 7.40. The van der Waals surface area contributed by atoms with Gasteiger partial charge in [0.1, 0.15) is 5.75 Å². The molecule has 19 heavy (non-hydrogen) atoms.